The summed E-state index contributed by atoms with van der Waals surface area (Å²) in [5.74, 6) is -0.833. The molecule has 6 nitrogen and oxygen atoms in total. The fourth-order valence-electron chi connectivity index (χ4n) is 0.451. The second-order valence-electron chi connectivity index (χ2n) is 2.19. The van der Waals surface area contributed by atoms with Crippen LogP contribution < -0.4 is 0 Å². The van der Waals surface area contributed by atoms with Gasteiger partial charge in [-0.25, -0.2) is 0 Å². The molecule has 86 valence electrons. The molecule has 0 unspecified atom stereocenters. The average Bonchev–Trinajstić information content (AvgIpc) is 2.10. The van der Waals surface area contributed by atoms with E-state index in [-0.39, 0.29) is 13.2 Å². The van der Waals surface area contributed by atoms with Crippen molar-refractivity contribution in [1.29, 1.82) is 0 Å². The maximum absolute atomic E-state index is 9.00. The van der Waals surface area contributed by atoms with Crippen LogP contribution in [0.2, 0.25) is 0 Å². The zero-order valence-electron chi connectivity index (χ0n) is 8.31. The fourth-order valence-corrected chi connectivity index (χ4v) is 0.451. The van der Waals surface area contributed by atoms with Gasteiger partial charge in [0.15, 0.2) is 0 Å². The summed E-state index contributed by atoms with van der Waals surface area (Å²) in [6.45, 7) is 2.81. The Morgan fingerprint density at radius 3 is 1.50 bits per heavy atom. The van der Waals surface area contributed by atoms with Gasteiger partial charge in [0, 0.05) is 6.92 Å². The Kier molecular flexibility index (Phi) is 16.7. The molecule has 0 aromatic carbocycles. The maximum Gasteiger partial charge on any atom is 0.300 e. The molecule has 6 heteroatoms. The van der Waals surface area contributed by atoms with E-state index in [4.69, 9.17) is 29.6 Å². The number of aliphatic hydroxyl groups is 2. The van der Waals surface area contributed by atoms with Gasteiger partial charge in [-0.2, -0.15) is 0 Å². The highest BCUT2D eigenvalue weighted by atomic mass is 16.5. The van der Waals surface area contributed by atoms with Gasteiger partial charge in [-0.05, 0) is 0 Å². The second-order valence-corrected chi connectivity index (χ2v) is 2.19. The topological polar surface area (TPSA) is 96.2 Å². The quantitative estimate of drug-likeness (QED) is 0.471. The molecule has 0 amide bonds. The lowest BCUT2D eigenvalue weighted by Gasteiger charge is -2.01. The monoisotopic (exact) mass is 210 g/mol. The van der Waals surface area contributed by atoms with Gasteiger partial charge in [0.1, 0.15) is 0 Å². The molecule has 0 bridgehead atoms. The minimum Gasteiger partial charge on any atom is -0.481 e. The van der Waals surface area contributed by atoms with Crippen molar-refractivity contribution in [2.24, 2.45) is 0 Å². The number of hydrogen-bond donors (Lipinski definition) is 3. The smallest absolute Gasteiger partial charge is 0.300 e. The number of hydrogen-bond acceptors (Lipinski definition) is 5. The summed E-state index contributed by atoms with van der Waals surface area (Å²) in [7, 11) is 0. The van der Waals surface area contributed by atoms with Crippen LogP contribution in [0.5, 0.6) is 0 Å². The SMILES string of the molecule is CC(=O)O.OCCOCCOCCO. The first-order valence-corrected chi connectivity index (χ1v) is 4.21. The van der Waals surface area contributed by atoms with E-state index in [2.05, 4.69) is 0 Å². The van der Waals surface area contributed by atoms with E-state index in [1.165, 1.54) is 0 Å². The molecule has 0 aliphatic rings. The highest BCUT2D eigenvalue weighted by molar-refractivity contribution is 5.62. The van der Waals surface area contributed by atoms with E-state index in [1.807, 2.05) is 0 Å². The lowest BCUT2D eigenvalue weighted by Crippen LogP contribution is -2.09. The lowest BCUT2D eigenvalue weighted by atomic mass is 10.7. The Labute approximate surface area is 83.1 Å². The molecule has 0 saturated carbocycles. The largest absolute Gasteiger partial charge is 0.481 e. The van der Waals surface area contributed by atoms with Crippen molar-refractivity contribution in [3.8, 4) is 0 Å². The predicted octanol–water partition coefficient (Wildman–Crippen LogP) is -0.905. The first-order chi connectivity index (χ1) is 6.65. The van der Waals surface area contributed by atoms with E-state index in [0.29, 0.717) is 26.4 Å². The van der Waals surface area contributed by atoms with E-state index in [1.54, 1.807) is 0 Å². The summed E-state index contributed by atoms with van der Waals surface area (Å²) in [5.41, 5.74) is 0. The average molecular weight is 210 g/mol. The summed E-state index contributed by atoms with van der Waals surface area (Å²) < 4.78 is 9.75. The molecule has 0 aliphatic heterocycles. The zero-order valence-corrected chi connectivity index (χ0v) is 8.31. The van der Waals surface area contributed by atoms with E-state index >= 15 is 0 Å². The van der Waals surface area contributed by atoms with Gasteiger partial charge in [0.05, 0.1) is 39.6 Å². The van der Waals surface area contributed by atoms with Crippen LogP contribution in [-0.4, -0.2) is 60.9 Å². The summed E-state index contributed by atoms with van der Waals surface area (Å²) in [6, 6.07) is 0. The zero-order chi connectivity index (χ0) is 11.2. The Morgan fingerprint density at radius 2 is 1.29 bits per heavy atom. The molecule has 0 heterocycles. The van der Waals surface area contributed by atoms with Crippen molar-refractivity contribution >= 4 is 5.97 Å². The van der Waals surface area contributed by atoms with Gasteiger partial charge in [0.2, 0.25) is 0 Å². The summed E-state index contributed by atoms with van der Waals surface area (Å²) in [4.78, 5) is 9.00. The lowest BCUT2D eigenvalue weighted by molar-refractivity contribution is -0.134. The Bertz CT molecular complexity index is 104. The number of aliphatic hydroxyl groups excluding tert-OH is 2. The number of ether oxygens (including phenoxy) is 2. The molecule has 0 aromatic rings. The van der Waals surface area contributed by atoms with Gasteiger partial charge in [-0.3, -0.25) is 4.79 Å². The van der Waals surface area contributed by atoms with Crippen LogP contribution in [0, 0.1) is 0 Å². The third kappa shape index (κ3) is 30.2. The minimum absolute atomic E-state index is 0.0417. The van der Waals surface area contributed by atoms with E-state index in [0.717, 1.165) is 6.92 Å². The van der Waals surface area contributed by atoms with Gasteiger partial charge in [-0.1, -0.05) is 0 Å². The van der Waals surface area contributed by atoms with Gasteiger partial charge in [-0.15, -0.1) is 0 Å². The van der Waals surface area contributed by atoms with Crippen LogP contribution in [0.3, 0.4) is 0 Å². The molecule has 0 spiro atoms. The van der Waals surface area contributed by atoms with Gasteiger partial charge in [0.25, 0.3) is 5.97 Å². The van der Waals surface area contributed by atoms with Crippen molar-refractivity contribution in [2.45, 2.75) is 6.92 Å². The molecule has 0 radical (unpaired) electrons. The molecule has 0 saturated heterocycles. The van der Waals surface area contributed by atoms with Crippen molar-refractivity contribution in [2.75, 3.05) is 39.6 Å². The Morgan fingerprint density at radius 1 is 1.00 bits per heavy atom. The van der Waals surface area contributed by atoms with Crippen molar-refractivity contribution in [3.63, 3.8) is 0 Å². The highest BCUT2D eigenvalue weighted by Gasteiger charge is 1.86. The number of carboxylic acids is 1. The minimum atomic E-state index is -0.833. The van der Waals surface area contributed by atoms with Crippen molar-refractivity contribution in [3.05, 3.63) is 0 Å². The number of carboxylic acid groups (broad SMARTS) is 1. The van der Waals surface area contributed by atoms with Crippen LogP contribution in [0.1, 0.15) is 6.92 Å². The Balaban J connectivity index is 0. The number of carbonyl (C=O) groups is 1. The van der Waals surface area contributed by atoms with Crippen molar-refractivity contribution in [1.82, 2.24) is 0 Å². The molecular formula is C8H18O6. The van der Waals surface area contributed by atoms with Crippen LogP contribution in [0.25, 0.3) is 0 Å². The third-order valence-corrected chi connectivity index (χ3v) is 0.843. The fraction of sp³-hybridized carbons (Fsp3) is 0.875. The first-order valence-electron chi connectivity index (χ1n) is 4.21. The Hall–Kier alpha value is -0.690. The van der Waals surface area contributed by atoms with Crippen LogP contribution in [0.15, 0.2) is 0 Å². The molecule has 0 fully saturated rings. The molecule has 3 N–H and O–H groups in total. The molecule has 14 heavy (non-hydrogen) atoms. The van der Waals surface area contributed by atoms with Crippen LogP contribution in [-0.2, 0) is 14.3 Å². The number of rotatable bonds is 7. The molecule has 0 rings (SSSR count). The molecular weight excluding hydrogens is 192 g/mol. The maximum atomic E-state index is 9.00. The third-order valence-electron chi connectivity index (χ3n) is 0.843. The number of aliphatic carboxylic acids is 1. The van der Waals surface area contributed by atoms with Crippen LogP contribution >= 0.6 is 0 Å². The second kappa shape index (κ2) is 14.8. The van der Waals surface area contributed by atoms with Gasteiger partial charge < -0.3 is 24.8 Å². The van der Waals surface area contributed by atoms with Crippen LogP contribution in [0.4, 0.5) is 0 Å². The van der Waals surface area contributed by atoms with Crippen molar-refractivity contribution < 1.29 is 29.6 Å². The van der Waals surface area contributed by atoms with E-state index in [9.17, 15) is 0 Å². The summed E-state index contributed by atoms with van der Waals surface area (Å²) in [5, 5.41) is 23.9. The standard InChI is InChI=1S/C6H14O4.C2H4O2/c7-1-3-9-5-6-10-4-2-8;1-2(3)4/h7-8H,1-6H2;1H3,(H,3,4). The van der Waals surface area contributed by atoms with Gasteiger partial charge >= 0.3 is 0 Å². The summed E-state index contributed by atoms with van der Waals surface area (Å²) >= 11 is 0. The predicted molar refractivity (Wildman–Crippen MR) is 49.1 cm³/mol. The molecule has 0 aromatic heterocycles. The molecule has 0 aliphatic carbocycles. The summed E-state index contributed by atoms with van der Waals surface area (Å²) in [6.07, 6.45) is 0. The van der Waals surface area contributed by atoms with E-state index < -0.39 is 5.97 Å². The first kappa shape index (κ1) is 15.8. The molecule has 0 atom stereocenters. The normalized spacial score (nSPS) is 9.07. The highest BCUT2D eigenvalue weighted by Crippen LogP contribution is 1.76.